The van der Waals surface area contributed by atoms with E-state index in [0.717, 1.165) is 28.3 Å². The largest absolute Gasteiger partial charge is 0.345 e. The number of aromatic nitrogens is 1. The standard InChI is InChI=1S/C38H25N3S/c1-2-11-24(12-3-1)36-31-15-4-7-18-32(31)39-38(40-36)41-33-19-8-5-13-27(33)28-22-21-25(23-34(28)41)26-16-10-17-30-29-14-6-9-20-35(29)42-37(26)30/h1-23,32H,(H,39,40). The van der Waals surface area contributed by atoms with Gasteiger partial charge >= 0.3 is 0 Å². The molecule has 1 aliphatic heterocycles. The Morgan fingerprint density at radius 3 is 2.36 bits per heavy atom. The van der Waals surface area contributed by atoms with Gasteiger partial charge in [0.25, 0.3) is 0 Å². The lowest BCUT2D eigenvalue weighted by Gasteiger charge is -2.28. The third-order valence-electron chi connectivity index (χ3n) is 8.45. The molecule has 3 nitrogen and oxygen atoms in total. The molecule has 3 heterocycles. The molecule has 1 N–H and O–H groups in total. The Morgan fingerprint density at radius 1 is 0.643 bits per heavy atom. The number of nitrogens with zero attached hydrogens (tertiary/aromatic N) is 2. The summed E-state index contributed by atoms with van der Waals surface area (Å²) >= 11 is 1.87. The first-order chi connectivity index (χ1) is 20.8. The van der Waals surface area contributed by atoms with E-state index in [9.17, 15) is 0 Å². The van der Waals surface area contributed by atoms with Crippen LogP contribution in [0.25, 0.3) is 58.8 Å². The van der Waals surface area contributed by atoms with Gasteiger partial charge in [-0.1, -0.05) is 121 Å². The highest BCUT2D eigenvalue weighted by atomic mass is 32.1. The second kappa shape index (κ2) is 9.16. The van der Waals surface area contributed by atoms with Crippen LogP contribution in [0.5, 0.6) is 0 Å². The van der Waals surface area contributed by atoms with Gasteiger partial charge in [0, 0.05) is 42.1 Å². The lowest BCUT2D eigenvalue weighted by atomic mass is 9.95. The summed E-state index contributed by atoms with van der Waals surface area (Å²) < 4.78 is 4.96. The van der Waals surface area contributed by atoms with E-state index in [-0.39, 0.29) is 6.04 Å². The molecule has 42 heavy (non-hydrogen) atoms. The van der Waals surface area contributed by atoms with Gasteiger partial charge in [-0.05, 0) is 29.3 Å². The maximum Gasteiger partial charge on any atom is 0.209 e. The van der Waals surface area contributed by atoms with E-state index in [4.69, 9.17) is 4.99 Å². The molecule has 0 saturated heterocycles. The molecule has 7 aromatic rings. The normalized spacial score (nSPS) is 16.4. The summed E-state index contributed by atoms with van der Waals surface area (Å²) in [5, 5.41) is 8.84. The van der Waals surface area contributed by atoms with Crippen LogP contribution in [0.4, 0.5) is 0 Å². The quantitative estimate of drug-likeness (QED) is 0.226. The molecule has 2 aromatic heterocycles. The van der Waals surface area contributed by atoms with Crippen molar-refractivity contribution in [2.24, 2.45) is 4.99 Å². The molecular formula is C38H25N3S. The van der Waals surface area contributed by atoms with Crippen LogP contribution < -0.4 is 5.32 Å². The third kappa shape index (κ3) is 3.49. The molecule has 1 aliphatic carbocycles. The average Bonchev–Trinajstić information content (AvgIpc) is 3.60. The summed E-state index contributed by atoms with van der Waals surface area (Å²) in [6, 6.07) is 41.5. The van der Waals surface area contributed by atoms with Crippen molar-refractivity contribution in [1.82, 2.24) is 9.88 Å². The summed E-state index contributed by atoms with van der Waals surface area (Å²) in [5.74, 6) is 0.839. The lowest BCUT2D eigenvalue weighted by molar-refractivity contribution is 0.805. The fraction of sp³-hybridized carbons (Fsp3) is 0.0263. The number of allylic oxidation sites excluding steroid dienone is 2. The van der Waals surface area contributed by atoms with Crippen LogP contribution >= 0.6 is 11.3 Å². The molecule has 0 bridgehead atoms. The Morgan fingerprint density at radius 2 is 1.43 bits per heavy atom. The zero-order chi connectivity index (χ0) is 27.6. The molecule has 0 radical (unpaired) electrons. The zero-order valence-corrected chi connectivity index (χ0v) is 23.5. The number of thiophene rings is 1. The molecule has 0 amide bonds. The Kier molecular flexibility index (Phi) is 5.13. The van der Waals surface area contributed by atoms with E-state index >= 15 is 0 Å². The molecule has 0 fully saturated rings. The first kappa shape index (κ1) is 23.5. The Bertz CT molecular complexity index is 2330. The lowest BCUT2D eigenvalue weighted by Crippen LogP contribution is -2.42. The Hall–Kier alpha value is -5.19. The fourth-order valence-electron chi connectivity index (χ4n) is 6.52. The molecule has 198 valence electrons. The number of para-hydroxylation sites is 1. The number of nitrogens with one attached hydrogen (secondary N) is 1. The van der Waals surface area contributed by atoms with Gasteiger partial charge < -0.3 is 5.32 Å². The van der Waals surface area contributed by atoms with Gasteiger partial charge in [-0.2, -0.15) is 0 Å². The van der Waals surface area contributed by atoms with E-state index in [1.54, 1.807) is 0 Å². The molecule has 4 heteroatoms. The number of aliphatic imine (C=N–C) groups is 1. The van der Waals surface area contributed by atoms with Crippen LogP contribution in [-0.4, -0.2) is 16.6 Å². The predicted octanol–water partition coefficient (Wildman–Crippen LogP) is 9.54. The van der Waals surface area contributed by atoms with Gasteiger partial charge in [-0.15, -0.1) is 11.3 Å². The summed E-state index contributed by atoms with van der Waals surface area (Å²) in [5.41, 5.74) is 8.07. The van der Waals surface area contributed by atoms with Crippen LogP contribution in [0.15, 0.2) is 150 Å². The molecule has 0 spiro atoms. The molecule has 1 unspecified atom stereocenters. The maximum atomic E-state index is 5.33. The van der Waals surface area contributed by atoms with Gasteiger partial charge in [0.15, 0.2) is 0 Å². The first-order valence-corrected chi connectivity index (χ1v) is 15.1. The van der Waals surface area contributed by atoms with Crippen LogP contribution in [0.2, 0.25) is 0 Å². The van der Waals surface area contributed by atoms with Crippen molar-refractivity contribution in [2.45, 2.75) is 6.04 Å². The number of benzene rings is 5. The van der Waals surface area contributed by atoms with Crippen molar-refractivity contribution in [1.29, 1.82) is 0 Å². The number of rotatable bonds is 2. The summed E-state index contributed by atoms with van der Waals surface area (Å²) in [4.78, 5) is 5.33. The molecule has 0 saturated carbocycles. The zero-order valence-electron chi connectivity index (χ0n) is 22.7. The molecule has 9 rings (SSSR count). The van der Waals surface area contributed by atoms with Gasteiger partial charge in [0.05, 0.1) is 22.8 Å². The van der Waals surface area contributed by atoms with Crippen molar-refractivity contribution in [2.75, 3.05) is 0 Å². The summed E-state index contributed by atoms with van der Waals surface area (Å²) in [6.45, 7) is 0. The highest BCUT2D eigenvalue weighted by Gasteiger charge is 2.26. The SMILES string of the molecule is C1=CC2=C(c3ccccc3)N=C(n3c4ccccc4c4ccc(-c5cccc6c5sc5ccccc56)cc43)NC2C=C1. The van der Waals surface area contributed by atoms with E-state index in [1.165, 1.54) is 47.6 Å². The fourth-order valence-corrected chi connectivity index (χ4v) is 7.76. The molecular weight excluding hydrogens is 531 g/mol. The van der Waals surface area contributed by atoms with E-state index < -0.39 is 0 Å². The molecule has 5 aromatic carbocycles. The first-order valence-electron chi connectivity index (χ1n) is 14.3. The molecule has 1 atom stereocenters. The molecule has 2 aliphatic rings. The van der Waals surface area contributed by atoms with Crippen LogP contribution in [0.3, 0.4) is 0 Å². The number of hydrogen-bond acceptors (Lipinski definition) is 3. The maximum absolute atomic E-state index is 5.33. The monoisotopic (exact) mass is 555 g/mol. The summed E-state index contributed by atoms with van der Waals surface area (Å²) in [7, 11) is 0. The Balaban J connectivity index is 1.31. The van der Waals surface area contributed by atoms with Crippen molar-refractivity contribution >= 4 is 65.0 Å². The van der Waals surface area contributed by atoms with Gasteiger partial charge in [-0.3, -0.25) is 4.57 Å². The van der Waals surface area contributed by atoms with Crippen molar-refractivity contribution in [3.63, 3.8) is 0 Å². The van der Waals surface area contributed by atoms with Gasteiger partial charge in [-0.25, -0.2) is 4.99 Å². The van der Waals surface area contributed by atoms with E-state index in [1.807, 2.05) is 11.3 Å². The van der Waals surface area contributed by atoms with E-state index in [0.29, 0.717) is 0 Å². The summed E-state index contributed by atoms with van der Waals surface area (Å²) in [6.07, 6.45) is 8.60. The van der Waals surface area contributed by atoms with Gasteiger partial charge in [0.2, 0.25) is 5.96 Å². The van der Waals surface area contributed by atoms with Crippen LogP contribution in [-0.2, 0) is 0 Å². The minimum Gasteiger partial charge on any atom is -0.345 e. The van der Waals surface area contributed by atoms with E-state index in [2.05, 4.69) is 149 Å². The van der Waals surface area contributed by atoms with Crippen LogP contribution in [0, 0.1) is 0 Å². The Labute approximate surface area is 247 Å². The highest BCUT2D eigenvalue weighted by Crippen LogP contribution is 2.41. The van der Waals surface area contributed by atoms with Crippen molar-refractivity contribution < 1.29 is 0 Å². The van der Waals surface area contributed by atoms with Gasteiger partial charge in [0.1, 0.15) is 0 Å². The van der Waals surface area contributed by atoms with Crippen molar-refractivity contribution in [3.8, 4) is 11.1 Å². The second-order valence-corrected chi connectivity index (χ2v) is 11.9. The van der Waals surface area contributed by atoms with Crippen molar-refractivity contribution in [3.05, 3.63) is 151 Å². The second-order valence-electron chi connectivity index (χ2n) is 10.8. The smallest absolute Gasteiger partial charge is 0.209 e. The average molecular weight is 556 g/mol. The highest BCUT2D eigenvalue weighted by molar-refractivity contribution is 7.26. The number of hydrogen-bond donors (Lipinski definition) is 1. The minimum atomic E-state index is 0.0457. The minimum absolute atomic E-state index is 0.0457. The van der Waals surface area contributed by atoms with Crippen LogP contribution in [0.1, 0.15) is 5.56 Å². The third-order valence-corrected chi connectivity index (χ3v) is 9.67. The predicted molar refractivity (Wildman–Crippen MR) is 179 cm³/mol. The number of fused-ring (bicyclic) bond motifs is 7. The topological polar surface area (TPSA) is 29.3 Å².